The molecule has 5 heteroatoms. The molecule has 0 N–H and O–H groups in total. The molecule has 0 unspecified atom stereocenters. The molecule has 0 aliphatic carbocycles. The van der Waals surface area contributed by atoms with E-state index in [1.807, 2.05) is 17.0 Å². The molecule has 1 amide bonds. The summed E-state index contributed by atoms with van der Waals surface area (Å²) in [5, 5.41) is 1.94. The second-order valence-electron chi connectivity index (χ2n) is 7.19. The molecule has 0 aromatic heterocycles. The normalized spacial score (nSPS) is 20.7. The smallest absolute Gasteiger partial charge is 0.258 e. The van der Waals surface area contributed by atoms with Crippen molar-refractivity contribution >= 4 is 11.5 Å². The molecule has 0 radical (unpaired) electrons. The fourth-order valence-electron chi connectivity index (χ4n) is 4.53. The second-order valence-corrected chi connectivity index (χ2v) is 7.19. The molecular weight excluding hydrogens is 316 g/mol. The first-order chi connectivity index (χ1) is 11.9. The van der Waals surface area contributed by atoms with Gasteiger partial charge in [0.2, 0.25) is 0 Å². The Labute approximate surface area is 150 Å². The highest BCUT2D eigenvalue weighted by Crippen LogP contribution is 2.46. The third-order valence-corrected chi connectivity index (χ3v) is 5.75. The Bertz CT molecular complexity index is 707. The molecule has 136 valence electrons. The highest BCUT2D eigenvalue weighted by molar-refractivity contribution is 6.23. The summed E-state index contributed by atoms with van der Waals surface area (Å²) in [4.78, 5) is 20.5. The predicted octanol–water partition coefficient (Wildman–Crippen LogP) is 2.84. The highest BCUT2D eigenvalue weighted by Gasteiger charge is 2.53. The van der Waals surface area contributed by atoms with Crippen LogP contribution in [-0.2, 0) is 14.4 Å². The average Bonchev–Trinajstić information content (AvgIpc) is 2.77. The fourth-order valence-corrected chi connectivity index (χ4v) is 4.53. The lowest BCUT2D eigenvalue weighted by molar-refractivity contribution is -0.162. The minimum Gasteiger partial charge on any atom is -0.498 e. The van der Waals surface area contributed by atoms with E-state index in [4.69, 9.17) is 9.57 Å². The average molecular weight is 344 g/mol. The summed E-state index contributed by atoms with van der Waals surface area (Å²) >= 11 is 0. The molecule has 1 aromatic carbocycles. The number of hydrogen-bond acceptors (Lipinski definition) is 4. The van der Waals surface area contributed by atoms with Gasteiger partial charge in [-0.1, -0.05) is 17.7 Å². The van der Waals surface area contributed by atoms with E-state index in [0.717, 1.165) is 54.0 Å². The first-order valence-electron chi connectivity index (χ1n) is 8.80. The molecular formula is C20H28N2O3. The summed E-state index contributed by atoms with van der Waals surface area (Å²) in [5.41, 5.74) is 4.82. The number of rotatable bonds is 3. The van der Waals surface area contributed by atoms with Crippen molar-refractivity contribution < 1.29 is 14.4 Å². The number of piperidine rings is 1. The predicted molar refractivity (Wildman–Crippen MR) is 97.9 cm³/mol. The van der Waals surface area contributed by atoms with Gasteiger partial charge in [0.05, 0.1) is 19.8 Å². The molecule has 2 aliphatic heterocycles. The molecule has 1 saturated heterocycles. The Hall–Kier alpha value is -1.85. The first kappa shape index (κ1) is 18.0. The number of hydroxylamine groups is 2. The van der Waals surface area contributed by atoms with Crippen LogP contribution in [0.1, 0.15) is 35.1 Å². The minimum absolute atomic E-state index is 0.0535. The summed E-state index contributed by atoms with van der Waals surface area (Å²) in [7, 11) is 5.28. The van der Waals surface area contributed by atoms with Crippen LogP contribution in [0.3, 0.4) is 0 Å². The van der Waals surface area contributed by atoms with Crippen LogP contribution in [0, 0.1) is 20.8 Å². The zero-order valence-electron chi connectivity index (χ0n) is 16.1. The Kier molecular flexibility index (Phi) is 4.64. The van der Waals surface area contributed by atoms with Crippen LogP contribution in [0.4, 0.5) is 0 Å². The van der Waals surface area contributed by atoms with Gasteiger partial charge in [-0.15, -0.1) is 0 Å². The molecule has 0 saturated carbocycles. The largest absolute Gasteiger partial charge is 0.498 e. The second kappa shape index (κ2) is 6.46. The van der Waals surface area contributed by atoms with Crippen molar-refractivity contribution in [3.63, 3.8) is 0 Å². The van der Waals surface area contributed by atoms with E-state index < -0.39 is 0 Å². The van der Waals surface area contributed by atoms with Crippen molar-refractivity contribution in [3.8, 4) is 0 Å². The summed E-state index contributed by atoms with van der Waals surface area (Å²) in [6.45, 7) is 7.78. The standard InChI is InChI=1S/C20H28N2O3/c1-13-11-14(2)16(15(3)12-13)17-18(24-5)20(21(4)19(17)23)7-9-22(25-6)10-8-20/h11-12H,7-10H2,1-6H3. The number of carbonyl (C=O) groups excluding carboxylic acids is 1. The lowest BCUT2D eigenvalue weighted by atomic mass is 9.84. The number of ether oxygens (including phenoxy) is 1. The van der Waals surface area contributed by atoms with Crippen LogP contribution < -0.4 is 0 Å². The van der Waals surface area contributed by atoms with E-state index in [-0.39, 0.29) is 11.4 Å². The third kappa shape index (κ3) is 2.66. The Morgan fingerprint density at radius 1 is 1.04 bits per heavy atom. The van der Waals surface area contributed by atoms with E-state index in [1.54, 1.807) is 14.2 Å². The monoisotopic (exact) mass is 344 g/mol. The highest BCUT2D eigenvalue weighted by atomic mass is 16.7. The summed E-state index contributed by atoms with van der Waals surface area (Å²) in [6.07, 6.45) is 1.61. The number of carbonyl (C=O) groups is 1. The number of benzene rings is 1. The van der Waals surface area contributed by atoms with Crippen LogP contribution in [-0.4, -0.2) is 55.8 Å². The number of methoxy groups -OCH3 is 1. The van der Waals surface area contributed by atoms with Crippen LogP contribution in [0.5, 0.6) is 0 Å². The number of nitrogens with zero attached hydrogens (tertiary/aromatic N) is 2. The maximum absolute atomic E-state index is 13.2. The van der Waals surface area contributed by atoms with E-state index in [9.17, 15) is 4.79 Å². The minimum atomic E-state index is -0.375. The molecule has 0 bridgehead atoms. The number of likely N-dealkylation sites (N-methyl/N-ethyl adjacent to an activating group) is 1. The summed E-state index contributed by atoms with van der Waals surface area (Å²) < 4.78 is 5.88. The van der Waals surface area contributed by atoms with Crippen LogP contribution in [0.15, 0.2) is 17.9 Å². The van der Waals surface area contributed by atoms with Crippen molar-refractivity contribution in [1.29, 1.82) is 0 Å². The molecule has 1 fully saturated rings. The SMILES string of the molecule is COC1=C(c2c(C)cc(C)cc2C)C(=O)N(C)C12CCN(OC)CC2. The van der Waals surface area contributed by atoms with Gasteiger partial charge in [-0.05, 0) is 50.3 Å². The van der Waals surface area contributed by atoms with Gasteiger partial charge in [0.15, 0.2) is 0 Å². The third-order valence-electron chi connectivity index (χ3n) is 5.75. The van der Waals surface area contributed by atoms with Gasteiger partial charge in [-0.25, -0.2) is 0 Å². The quantitative estimate of drug-likeness (QED) is 0.846. The zero-order chi connectivity index (χ0) is 18.4. The topological polar surface area (TPSA) is 42.0 Å². The summed E-state index contributed by atoms with van der Waals surface area (Å²) in [5.74, 6) is 0.864. The van der Waals surface area contributed by atoms with Gasteiger partial charge in [0.1, 0.15) is 11.3 Å². The molecule has 0 atom stereocenters. The molecule has 2 heterocycles. The summed E-state index contributed by atoms with van der Waals surface area (Å²) in [6, 6.07) is 4.27. The lowest BCUT2D eigenvalue weighted by Crippen LogP contribution is -2.53. The van der Waals surface area contributed by atoms with Crippen molar-refractivity contribution in [2.24, 2.45) is 0 Å². The van der Waals surface area contributed by atoms with Gasteiger partial charge in [0.25, 0.3) is 5.91 Å². The molecule has 2 aliphatic rings. The molecule has 1 spiro atoms. The number of amides is 1. The Morgan fingerprint density at radius 3 is 2.08 bits per heavy atom. The van der Waals surface area contributed by atoms with E-state index in [2.05, 4.69) is 32.9 Å². The molecule has 5 nitrogen and oxygen atoms in total. The van der Waals surface area contributed by atoms with Gasteiger partial charge in [-0.3, -0.25) is 4.79 Å². The van der Waals surface area contributed by atoms with Gasteiger partial charge in [0, 0.05) is 20.1 Å². The zero-order valence-corrected chi connectivity index (χ0v) is 16.1. The van der Waals surface area contributed by atoms with Crippen LogP contribution in [0.25, 0.3) is 5.57 Å². The Balaban J connectivity index is 2.15. The lowest BCUT2D eigenvalue weighted by Gasteiger charge is -2.43. The molecule has 25 heavy (non-hydrogen) atoms. The van der Waals surface area contributed by atoms with Gasteiger partial charge >= 0.3 is 0 Å². The first-order valence-corrected chi connectivity index (χ1v) is 8.80. The Morgan fingerprint density at radius 2 is 1.60 bits per heavy atom. The molecule has 1 aromatic rings. The number of aryl methyl sites for hydroxylation is 3. The van der Waals surface area contributed by atoms with E-state index in [1.165, 1.54) is 5.56 Å². The van der Waals surface area contributed by atoms with E-state index >= 15 is 0 Å². The van der Waals surface area contributed by atoms with Crippen molar-refractivity contribution in [1.82, 2.24) is 9.96 Å². The van der Waals surface area contributed by atoms with Crippen molar-refractivity contribution in [2.75, 3.05) is 34.4 Å². The fraction of sp³-hybridized carbons (Fsp3) is 0.550. The van der Waals surface area contributed by atoms with E-state index in [0.29, 0.717) is 0 Å². The van der Waals surface area contributed by atoms with Crippen molar-refractivity contribution in [2.45, 2.75) is 39.2 Å². The van der Waals surface area contributed by atoms with Crippen LogP contribution >= 0.6 is 0 Å². The molecule has 3 rings (SSSR count). The van der Waals surface area contributed by atoms with Gasteiger partial charge in [-0.2, -0.15) is 5.06 Å². The maximum Gasteiger partial charge on any atom is 0.258 e. The number of hydrogen-bond donors (Lipinski definition) is 0. The van der Waals surface area contributed by atoms with Gasteiger partial charge < -0.3 is 14.5 Å². The van der Waals surface area contributed by atoms with Crippen LogP contribution in [0.2, 0.25) is 0 Å². The van der Waals surface area contributed by atoms with Crippen molar-refractivity contribution in [3.05, 3.63) is 40.1 Å². The maximum atomic E-state index is 13.2.